The first-order valence-corrected chi connectivity index (χ1v) is 12.3. The number of anilines is 1. The van der Waals surface area contributed by atoms with E-state index in [-0.39, 0.29) is 23.5 Å². The normalized spacial score (nSPS) is 21.3. The second-order valence-electron chi connectivity index (χ2n) is 8.16. The first-order valence-electron chi connectivity index (χ1n) is 10.5. The van der Waals surface area contributed by atoms with Gasteiger partial charge < -0.3 is 19.7 Å². The highest BCUT2D eigenvalue weighted by atomic mass is 32.2. The van der Waals surface area contributed by atoms with E-state index in [1.165, 1.54) is 19.3 Å². The van der Waals surface area contributed by atoms with Crippen LogP contribution in [0.2, 0.25) is 0 Å². The van der Waals surface area contributed by atoms with Gasteiger partial charge in [-0.15, -0.1) is 0 Å². The van der Waals surface area contributed by atoms with Gasteiger partial charge in [0.2, 0.25) is 0 Å². The van der Waals surface area contributed by atoms with Crippen LogP contribution in [0.15, 0.2) is 18.2 Å². The first-order chi connectivity index (χ1) is 13.9. The smallest absolute Gasteiger partial charge is 0.282 e. The molecule has 1 aliphatic carbocycles. The molecule has 0 bridgehead atoms. The Morgan fingerprint density at radius 1 is 1.14 bits per heavy atom. The second kappa shape index (κ2) is 9.80. The molecule has 2 aliphatic rings. The van der Waals surface area contributed by atoms with Crippen LogP contribution in [0.1, 0.15) is 38.5 Å². The lowest BCUT2D eigenvalue weighted by Crippen LogP contribution is -3.19. The van der Waals surface area contributed by atoms with Crippen molar-refractivity contribution in [2.45, 2.75) is 44.6 Å². The zero-order valence-corrected chi connectivity index (χ0v) is 18.2. The molecule has 2 N–H and O–H groups in total. The molecule has 162 valence electrons. The number of ether oxygens (including phenoxy) is 2. The van der Waals surface area contributed by atoms with E-state index in [1.54, 1.807) is 32.4 Å². The standard InChI is InChI=1S/C21H32N2O5S/c1-27-17-8-9-20(28-2)18(15-17)22-21(24)19(14-16-6-4-3-5-7-16)23-10-12-29(25,26)13-11-23/h8-9,15-16,19H,3-7,10-14H2,1-2H3,(H,22,24)/p+1/t19-/m1/s1. The molecule has 1 saturated carbocycles. The highest BCUT2D eigenvalue weighted by Gasteiger charge is 2.37. The fourth-order valence-corrected chi connectivity index (χ4v) is 5.85. The van der Waals surface area contributed by atoms with Crippen molar-refractivity contribution in [3.8, 4) is 11.5 Å². The Balaban J connectivity index is 1.78. The molecular weight excluding hydrogens is 392 g/mol. The summed E-state index contributed by atoms with van der Waals surface area (Å²) in [5, 5.41) is 3.03. The molecule has 1 atom stereocenters. The van der Waals surface area contributed by atoms with Gasteiger partial charge >= 0.3 is 0 Å². The molecule has 0 spiro atoms. The number of rotatable bonds is 7. The number of amides is 1. The maximum Gasteiger partial charge on any atom is 0.282 e. The van der Waals surface area contributed by atoms with Gasteiger partial charge in [0, 0.05) is 12.5 Å². The Labute approximate surface area is 173 Å². The van der Waals surface area contributed by atoms with E-state index in [4.69, 9.17) is 9.47 Å². The third kappa shape index (κ3) is 5.85. The zero-order valence-electron chi connectivity index (χ0n) is 17.4. The lowest BCUT2D eigenvalue weighted by Gasteiger charge is -2.33. The van der Waals surface area contributed by atoms with Gasteiger partial charge in [0.1, 0.15) is 11.5 Å². The van der Waals surface area contributed by atoms with E-state index in [2.05, 4.69) is 5.32 Å². The molecule has 1 aromatic carbocycles. The van der Waals surface area contributed by atoms with Gasteiger partial charge in [-0.1, -0.05) is 32.1 Å². The third-order valence-corrected chi connectivity index (χ3v) is 7.89. The van der Waals surface area contributed by atoms with Crippen LogP contribution in [0, 0.1) is 5.92 Å². The number of carbonyl (C=O) groups is 1. The second-order valence-corrected chi connectivity index (χ2v) is 10.5. The summed E-state index contributed by atoms with van der Waals surface area (Å²) in [5.41, 5.74) is 0.578. The Hall–Kier alpha value is -1.80. The first kappa shape index (κ1) is 21.9. The molecule has 0 radical (unpaired) electrons. The zero-order chi connectivity index (χ0) is 20.9. The Kier molecular flexibility index (Phi) is 7.40. The van der Waals surface area contributed by atoms with Crippen LogP contribution in [0.3, 0.4) is 0 Å². The van der Waals surface area contributed by atoms with Crippen molar-refractivity contribution in [3.63, 3.8) is 0 Å². The third-order valence-electron chi connectivity index (χ3n) is 6.24. The summed E-state index contributed by atoms with van der Waals surface area (Å²) >= 11 is 0. The largest absolute Gasteiger partial charge is 0.497 e. The van der Waals surface area contributed by atoms with Crippen LogP contribution < -0.4 is 19.7 Å². The van der Waals surface area contributed by atoms with Crippen molar-refractivity contribution in [2.24, 2.45) is 5.92 Å². The lowest BCUT2D eigenvalue weighted by atomic mass is 9.84. The number of nitrogens with one attached hydrogen (secondary N) is 2. The van der Waals surface area contributed by atoms with Gasteiger partial charge in [-0.2, -0.15) is 0 Å². The summed E-state index contributed by atoms with van der Waals surface area (Å²) in [6, 6.07) is 5.05. The Bertz CT molecular complexity index is 791. The van der Waals surface area contributed by atoms with Gasteiger partial charge in [0.05, 0.1) is 44.5 Å². The minimum absolute atomic E-state index is 0.0728. The highest BCUT2D eigenvalue weighted by Crippen LogP contribution is 2.30. The molecule has 1 heterocycles. The summed E-state index contributed by atoms with van der Waals surface area (Å²) in [5.74, 6) is 1.97. The van der Waals surface area contributed by atoms with Crippen molar-refractivity contribution in [1.82, 2.24) is 0 Å². The molecule has 3 rings (SSSR count). The molecule has 2 fully saturated rings. The van der Waals surface area contributed by atoms with Crippen molar-refractivity contribution >= 4 is 21.4 Å². The molecule has 1 aromatic rings. The van der Waals surface area contributed by atoms with E-state index in [0.717, 1.165) is 24.2 Å². The number of benzene rings is 1. The molecule has 1 amide bonds. The van der Waals surface area contributed by atoms with Crippen LogP contribution in [0.5, 0.6) is 11.5 Å². The van der Waals surface area contributed by atoms with Crippen molar-refractivity contribution < 1.29 is 27.6 Å². The maximum atomic E-state index is 13.3. The molecule has 0 unspecified atom stereocenters. The average molecular weight is 426 g/mol. The Morgan fingerprint density at radius 2 is 1.83 bits per heavy atom. The molecule has 29 heavy (non-hydrogen) atoms. The highest BCUT2D eigenvalue weighted by molar-refractivity contribution is 7.91. The predicted octanol–water partition coefficient (Wildman–Crippen LogP) is 1.29. The fourth-order valence-electron chi connectivity index (χ4n) is 4.50. The topological polar surface area (TPSA) is 86.1 Å². The molecule has 7 nitrogen and oxygen atoms in total. The average Bonchev–Trinajstić information content (AvgIpc) is 2.73. The van der Waals surface area contributed by atoms with Crippen LogP contribution >= 0.6 is 0 Å². The SMILES string of the molecule is COc1ccc(OC)c(NC(=O)[C@@H](CC2CCCCC2)[NH+]2CCS(=O)(=O)CC2)c1. The summed E-state index contributed by atoms with van der Waals surface area (Å²) in [4.78, 5) is 14.4. The van der Waals surface area contributed by atoms with Crippen LogP contribution in [-0.2, 0) is 14.6 Å². The maximum absolute atomic E-state index is 13.3. The minimum Gasteiger partial charge on any atom is -0.497 e. The van der Waals surface area contributed by atoms with Crippen molar-refractivity contribution in [1.29, 1.82) is 0 Å². The van der Waals surface area contributed by atoms with Gasteiger partial charge in [-0.3, -0.25) is 4.79 Å². The summed E-state index contributed by atoms with van der Waals surface area (Å²) in [6.07, 6.45) is 6.80. The van der Waals surface area contributed by atoms with Gasteiger partial charge in [-0.25, -0.2) is 8.42 Å². The number of hydrogen-bond donors (Lipinski definition) is 2. The fraction of sp³-hybridized carbons (Fsp3) is 0.667. The van der Waals surface area contributed by atoms with E-state index in [1.807, 2.05) is 0 Å². The van der Waals surface area contributed by atoms with Crippen LogP contribution in [0.25, 0.3) is 0 Å². The molecular formula is C21H33N2O5S+. The van der Waals surface area contributed by atoms with E-state index < -0.39 is 9.84 Å². The number of quaternary nitrogens is 1. The Morgan fingerprint density at radius 3 is 2.45 bits per heavy atom. The van der Waals surface area contributed by atoms with E-state index >= 15 is 0 Å². The number of methoxy groups -OCH3 is 2. The van der Waals surface area contributed by atoms with Crippen LogP contribution in [0.4, 0.5) is 5.69 Å². The number of hydrogen-bond acceptors (Lipinski definition) is 5. The quantitative estimate of drug-likeness (QED) is 0.688. The lowest BCUT2D eigenvalue weighted by molar-refractivity contribution is -0.913. The van der Waals surface area contributed by atoms with E-state index in [0.29, 0.717) is 36.2 Å². The van der Waals surface area contributed by atoms with Crippen molar-refractivity contribution in [3.05, 3.63) is 18.2 Å². The monoisotopic (exact) mass is 425 g/mol. The van der Waals surface area contributed by atoms with E-state index in [9.17, 15) is 13.2 Å². The summed E-state index contributed by atoms with van der Waals surface area (Å²) < 4.78 is 34.4. The molecule has 1 saturated heterocycles. The van der Waals surface area contributed by atoms with Gasteiger partial charge in [0.25, 0.3) is 5.91 Å². The summed E-state index contributed by atoms with van der Waals surface area (Å²) in [7, 11) is 0.173. The molecule has 1 aliphatic heterocycles. The number of sulfone groups is 1. The molecule has 8 heteroatoms. The molecule has 0 aromatic heterocycles. The minimum atomic E-state index is -2.98. The van der Waals surface area contributed by atoms with Gasteiger partial charge in [-0.05, 0) is 18.1 Å². The summed E-state index contributed by atoms with van der Waals surface area (Å²) in [6.45, 7) is 0.977. The van der Waals surface area contributed by atoms with Crippen LogP contribution in [-0.4, -0.2) is 59.2 Å². The van der Waals surface area contributed by atoms with Gasteiger partial charge in [0.15, 0.2) is 15.9 Å². The van der Waals surface area contributed by atoms with Crippen molar-refractivity contribution in [2.75, 3.05) is 44.1 Å². The predicted molar refractivity (Wildman–Crippen MR) is 113 cm³/mol. The number of carbonyl (C=O) groups excluding carboxylic acids is 1.